The number of H-pyrrole nitrogens is 1. The number of aromatic amines is 1. The van der Waals surface area contributed by atoms with Gasteiger partial charge in [-0.1, -0.05) is 45.4 Å². The number of ketones is 1. The number of primary amides is 1. The molecule has 64 heavy (non-hydrogen) atoms. The smallest absolute Gasteiger partial charge is 0.302 e. The minimum atomic E-state index is -1.69. The first-order chi connectivity index (χ1) is 30.3. The summed E-state index contributed by atoms with van der Waals surface area (Å²) in [5.74, 6) is -11.0. The lowest BCUT2D eigenvalue weighted by Crippen LogP contribution is -2.60. The maximum absolute atomic E-state index is 14.7. The SMILES string of the molecule is CC[C@H](C)[C@@H]1NC(=O)CNC(=O)C2CC(=O)[C@H]([C@@H](C)[C@H](C)OC(C)=O)NC(=O)[C@@H]3CC(O)CN3C(=O)C(CC(N)=O)NC(=O)C(CSc3[nH]c4ccccc4c3C2)NC(=O)CNC1=O. The van der Waals surface area contributed by atoms with E-state index in [1.54, 1.807) is 45.0 Å². The summed E-state index contributed by atoms with van der Waals surface area (Å²) < 4.78 is 5.41. The molecule has 10 N–H and O–H groups in total. The Morgan fingerprint density at radius 3 is 2.22 bits per heavy atom. The number of hydrogen-bond donors (Lipinski definition) is 9. The lowest BCUT2D eigenvalue weighted by molar-refractivity contribution is -0.150. The van der Waals surface area contributed by atoms with Crippen molar-refractivity contribution in [3.63, 3.8) is 0 Å². The van der Waals surface area contributed by atoms with Gasteiger partial charge < -0.3 is 57.4 Å². The fourth-order valence-corrected chi connectivity index (χ4v) is 9.18. The van der Waals surface area contributed by atoms with E-state index in [2.05, 4.69) is 36.9 Å². The number of para-hydroxylation sites is 1. The molecule has 1 saturated heterocycles. The molecule has 2 aromatic rings. The fourth-order valence-electron chi connectivity index (χ4n) is 8.06. The average Bonchev–Trinajstić information content (AvgIpc) is 3.81. The number of esters is 1. The second-order valence-electron chi connectivity index (χ2n) is 16.6. The molecule has 5 rings (SSSR count). The largest absolute Gasteiger partial charge is 0.462 e. The number of aliphatic hydroxyl groups is 1. The van der Waals surface area contributed by atoms with Gasteiger partial charge in [0, 0.05) is 54.8 Å². The van der Waals surface area contributed by atoms with Crippen molar-refractivity contribution in [2.75, 3.05) is 25.4 Å². The lowest BCUT2D eigenvalue weighted by atomic mass is 9.85. The molecule has 3 aliphatic rings. The minimum absolute atomic E-state index is 0.126. The van der Waals surface area contributed by atoms with E-state index < -0.39 is 152 Å². The van der Waals surface area contributed by atoms with Crippen molar-refractivity contribution in [1.82, 2.24) is 41.8 Å². The first-order valence-electron chi connectivity index (χ1n) is 21.2. The number of nitrogens with two attached hydrogens (primary N) is 1. The van der Waals surface area contributed by atoms with E-state index in [1.165, 1.54) is 13.8 Å². The van der Waals surface area contributed by atoms with Gasteiger partial charge in [0.1, 0.15) is 30.3 Å². The molecule has 0 saturated carbocycles. The summed E-state index contributed by atoms with van der Waals surface area (Å²) in [4.78, 5) is 141. The molecule has 4 heterocycles. The van der Waals surface area contributed by atoms with Crippen molar-refractivity contribution in [2.24, 2.45) is 23.5 Å². The molecule has 0 spiro atoms. The topological polar surface area (TPSA) is 317 Å². The Kier molecular flexibility index (Phi) is 16.5. The van der Waals surface area contributed by atoms with E-state index in [9.17, 15) is 53.1 Å². The molecule has 21 nitrogen and oxygen atoms in total. The van der Waals surface area contributed by atoms with Crippen LogP contribution in [0.4, 0.5) is 0 Å². The molecule has 1 aromatic heterocycles. The number of thioether (sulfide) groups is 1. The molecule has 10 atom stereocenters. The van der Waals surface area contributed by atoms with E-state index in [4.69, 9.17) is 10.5 Å². The molecule has 22 heteroatoms. The van der Waals surface area contributed by atoms with Crippen LogP contribution in [0, 0.1) is 17.8 Å². The summed E-state index contributed by atoms with van der Waals surface area (Å²) in [5.41, 5.74) is 6.70. The van der Waals surface area contributed by atoms with Crippen LogP contribution in [0.3, 0.4) is 0 Å². The van der Waals surface area contributed by atoms with E-state index in [0.29, 0.717) is 27.9 Å². The number of nitrogens with zero attached hydrogens (tertiary/aromatic N) is 1. The van der Waals surface area contributed by atoms with Gasteiger partial charge in [0.25, 0.3) is 0 Å². The van der Waals surface area contributed by atoms with Crippen molar-refractivity contribution < 1.29 is 57.8 Å². The summed E-state index contributed by atoms with van der Waals surface area (Å²) in [6.07, 6.45) is -3.49. The van der Waals surface area contributed by atoms with Crippen LogP contribution < -0.4 is 37.6 Å². The van der Waals surface area contributed by atoms with Crippen LogP contribution >= 0.6 is 11.8 Å². The Morgan fingerprint density at radius 2 is 1.55 bits per heavy atom. The maximum Gasteiger partial charge on any atom is 0.302 e. The van der Waals surface area contributed by atoms with Crippen LogP contribution in [0.25, 0.3) is 10.9 Å². The number of carbonyl (C=O) groups is 10. The number of nitrogens with one attached hydrogen (secondary N) is 7. The zero-order valence-electron chi connectivity index (χ0n) is 36.3. The molecule has 2 bridgehead atoms. The van der Waals surface area contributed by atoms with Gasteiger partial charge in [0.05, 0.1) is 36.7 Å². The quantitative estimate of drug-likeness (QED) is 0.137. The van der Waals surface area contributed by atoms with Crippen molar-refractivity contribution in [2.45, 2.75) is 114 Å². The van der Waals surface area contributed by atoms with Crippen LogP contribution in [-0.2, 0) is 59.1 Å². The van der Waals surface area contributed by atoms with E-state index in [0.717, 1.165) is 16.7 Å². The zero-order chi connectivity index (χ0) is 47.0. The summed E-state index contributed by atoms with van der Waals surface area (Å²) in [6, 6.07) is -0.0979. The third kappa shape index (κ3) is 12.2. The Bertz CT molecular complexity index is 2160. The third-order valence-corrected chi connectivity index (χ3v) is 13.0. The lowest BCUT2D eigenvalue weighted by Gasteiger charge is -2.33. The van der Waals surface area contributed by atoms with Crippen LogP contribution in [-0.4, -0.2) is 142 Å². The number of aliphatic hydroxyl groups excluding tert-OH is 1. The third-order valence-electron chi connectivity index (χ3n) is 11.9. The predicted octanol–water partition coefficient (Wildman–Crippen LogP) is -1.95. The number of aromatic nitrogens is 1. The van der Waals surface area contributed by atoms with Crippen LogP contribution in [0.15, 0.2) is 29.3 Å². The number of carbonyl (C=O) groups excluding carboxylic acids is 10. The van der Waals surface area contributed by atoms with Gasteiger partial charge in [-0.3, -0.25) is 47.9 Å². The Hall–Kier alpha value is -6.03. The fraction of sp³-hybridized carbons (Fsp3) is 0.571. The summed E-state index contributed by atoms with van der Waals surface area (Å²) in [6.45, 7) is 6.09. The highest BCUT2D eigenvalue weighted by Crippen LogP contribution is 2.34. The molecule has 3 aliphatic heterocycles. The second kappa shape index (κ2) is 21.6. The van der Waals surface area contributed by atoms with Crippen molar-refractivity contribution in [3.8, 4) is 0 Å². The van der Waals surface area contributed by atoms with Crippen LogP contribution in [0.2, 0.25) is 0 Å². The number of hydrogen-bond acceptors (Lipinski definition) is 13. The summed E-state index contributed by atoms with van der Waals surface area (Å²) >= 11 is 1.07. The van der Waals surface area contributed by atoms with Gasteiger partial charge >= 0.3 is 5.97 Å². The monoisotopic (exact) mass is 911 g/mol. The molecule has 1 aromatic carbocycles. The molecular formula is C42H57N9O12S. The Morgan fingerprint density at radius 1 is 0.875 bits per heavy atom. The predicted molar refractivity (Wildman–Crippen MR) is 229 cm³/mol. The Balaban J connectivity index is 1.69. The number of amides is 8. The Labute approximate surface area is 373 Å². The van der Waals surface area contributed by atoms with Crippen molar-refractivity contribution in [1.29, 1.82) is 0 Å². The molecule has 1 fully saturated rings. The highest BCUT2D eigenvalue weighted by atomic mass is 32.2. The molecule has 348 valence electrons. The molecule has 8 amide bonds. The summed E-state index contributed by atoms with van der Waals surface area (Å²) in [5, 5.41) is 27.3. The van der Waals surface area contributed by atoms with Gasteiger partial charge in [-0.25, -0.2) is 0 Å². The minimum Gasteiger partial charge on any atom is -0.462 e. The zero-order valence-corrected chi connectivity index (χ0v) is 37.1. The first kappa shape index (κ1) is 49.0. The van der Waals surface area contributed by atoms with Gasteiger partial charge in [0.15, 0.2) is 5.78 Å². The number of benzene rings is 1. The molecule has 0 aliphatic carbocycles. The number of rotatable bonds is 7. The van der Waals surface area contributed by atoms with Crippen molar-refractivity contribution >= 4 is 81.7 Å². The van der Waals surface area contributed by atoms with Crippen LogP contribution in [0.1, 0.15) is 65.9 Å². The van der Waals surface area contributed by atoms with Crippen molar-refractivity contribution in [3.05, 3.63) is 29.8 Å². The van der Waals surface area contributed by atoms with E-state index >= 15 is 0 Å². The standard InChI is InChI=1S/C42H57N9O12S/c1-6-19(2)35-40(61)45-15-33(56)46-29-18-64-41-26(25-9-7-8-10-27(25)48-41)11-23(37(58)44-16-34(57)49-35)12-31(54)36(20(3)21(4)63-22(5)52)50-39(60)30-13-24(53)17-51(30)42(62)28(14-32(43)55)47-38(29)59/h7-10,19-21,23-24,28-30,35-36,48,53H,6,11-18H2,1-5H3,(H2,43,55)(H,44,58)(H,45,61)(H,46,56)(H,47,59)(H,49,57)(H,50,60)/t19-,20-,21-,23?,24?,28?,29?,30-,35-,36-/m0/s1. The number of ether oxygens (including phenoxy) is 1. The second-order valence-corrected chi connectivity index (χ2v) is 17.7. The molecule has 0 radical (unpaired) electrons. The average molecular weight is 912 g/mol. The maximum atomic E-state index is 14.7. The summed E-state index contributed by atoms with van der Waals surface area (Å²) in [7, 11) is 0. The van der Waals surface area contributed by atoms with E-state index in [1.807, 2.05) is 0 Å². The number of fused-ring (bicyclic) bond motifs is 5. The first-order valence-corrected chi connectivity index (χ1v) is 22.2. The molecule has 4 unspecified atom stereocenters. The highest BCUT2D eigenvalue weighted by molar-refractivity contribution is 7.99. The normalized spacial score (nSPS) is 27.3. The van der Waals surface area contributed by atoms with Gasteiger partial charge in [-0.2, -0.15) is 0 Å². The van der Waals surface area contributed by atoms with Crippen LogP contribution in [0.5, 0.6) is 0 Å². The number of Topliss-reactive ketones (excluding diaryl/α,β-unsaturated/α-hetero) is 1. The van der Waals surface area contributed by atoms with Gasteiger partial charge in [-0.15, -0.1) is 11.8 Å². The van der Waals surface area contributed by atoms with Gasteiger partial charge in [0.2, 0.25) is 47.3 Å². The molecular weight excluding hydrogens is 855 g/mol. The van der Waals surface area contributed by atoms with Gasteiger partial charge in [-0.05, 0) is 30.9 Å². The highest BCUT2D eigenvalue weighted by Gasteiger charge is 2.45. The van der Waals surface area contributed by atoms with E-state index in [-0.39, 0.29) is 18.6 Å².